The largest absolute Gasteiger partial charge is 0.614 e. The topological polar surface area (TPSA) is 124 Å². The van der Waals surface area contributed by atoms with Crippen molar-refractivity contribution in [3.05, 3.63) is 91.4 Å². The second kappa shape index (κ2) is 16.0. The summed E-state index contributed by atoms with van der Waals surface area (Å²) in [4.78, 5) is 54.2. The predicted molar refractivity (Wildman–Crippen MR) is 225 cm³/mol. The van der Waals surface area contributed by atoms with Gasteiger partial charge in [0.1, 0.15) is 0 Å². The van der Waals surface area contributed by atoms with Gasteiger partial charge in [-0.3, -0.25) is 29.0 Å². The Hall–Kier alpha value is -4.19. The van der Waals surface area contributed by atoms with Crippen molar-refractivity contribution in [3.8, 4) is 0 Å². The number of carbonyl (C=O) groups is 4. The molecule has 8 atom stereocenters. The normalized spacial score (nSPS) is 34.3. The zero-order chi connectivity index (χ0) is 41.7. The van der Waals surface area contributed by atoms with Gasteiger partial charge >= 0.3 is 13.1 Å². The minimum Gasteiger partial charge on any atom is -0.614 e. The summed E-state index contributed by atoms with van der Waals surface area (Å²) < 4.78 is 28.0. The Labute approximate surface area is 349 Å². The summed E-state index contributed by atoms with van der Waals surface area (Å²) >= 11 is 0. The summed E-state index contributed by atoms with van der Waals surface area (Å²) in [6.07, 6.45) is 8.86. The number of ether oxygens (including phenoxy) is 1. The van der Waals surface area contributed by atoms with Crippen LogP contribution in [-0.4, -0.2) is 92.1 Å². The number of epoxide rings is 1. The molecule has 3 aliphatic heterocycles. The third kappa shape index (κ3) is 8.84. The lowest BCUT2D eigenvalue weighted by Crippen LogP contribution is -2.58. The summed E-state index contributed by atoms with van der Waals surface area (Å²) in [7, 11) is 0. The first kappa shape index (κ1) is 41.5. The maximum absolute atomic E-state index is 12.7. The molecule has 0 aromatic heterocycles. The Morgan fingerprint density at radius 1 is 0.644 bits per heavy atom. The van der Waals surface area contributed by atoms with Crippen LogP contribution in [0.25, 0.3) is 6.08 Å². The number of nitrogens with zero attached hydrogens (tertiary/aromatic N) is 2. The molecule has 3 heterocycles. The average Bonchev–Trinajstić information content (AvgIpc) is 3.99. The van der Waals surface area contributed by atoms with E-state index in [9.17, 15) is 19.2 Å². The fraction of sp³-hybridized carbons (Fsp3) is 0.565. The third-order valence-corrected chi connectivity index (χ3v) is 15.3. The Morgan fingerprint density at radius 3 is 1.53 bits per heavy atom. The van der Waals surface area contributed by atoms with Gasteiger partial charge in [-0.05, 0) is 110 Å². The molecule has 3 saturated heterocycles. The highest BCUT2D eigenvalue weighted by Gasteiger charge is 2.62. The monoisotopic (exact) mass is 806 g/mol. The zero-order valence-electron chi connectivity index (χ0n) is 35.2. The van der Waals surface area contributed by atoms with Crippen LogP contribution in [0.15, 0.2) is 66.6 Å². The van der Waals surface area contributed by atoms with Gasteiger partial charge in [-0.15, -0.1) is 5.98 Å². The van der Waals surface area contributed by atoms with Gasteiger partial charge in [0, 0.05) is 13.1 Å². The van der Waals surface area contributed by atoms with Gasteiger partial charge in [-0.25, -0.2) is 0 Å². The van der Waals surface area contributed by atoms with Crippen LogP contribution in [0.5, 0.6) is 0 Å². The first-order valence-electron chi connectivity index (χ1n) is 21.8. The Kier molecular flexibility index (Phi) is 11.3. The van der Waals surface area contributed by atoms with Crippen molar-refractivity contribution in [1.29, 1.82) is 0 Å². The summed E-state index contributed by atoms with van der Waals surface area (Å²) in [5, 5.41) is 0. The highest BCUT2D eigenvalue weighted by Crippen LogP contribution is 2.62. The van der Waals surface area contributed by atoms with E-state index in [0.717, 1.165) is 42.5 Å². The van der Waals surface area contributed by atoms with Gasteiger partial charge in [-0.2, -0.15) is 0 Å². The van der Waals surface area contributed by atoms with E-state index in [1.807, 2.05) is 70.5 Å². The lowest BCUT2D eigenvalue weighted by atomic mass is 9.45. The molecular formula is C46H60B2N2O9. The third-order valence-electron chi connectivity index (χ3n) is 15.3. The Balaban J connectivity index is 0.000000164. The molecule has 314 valence electrons. The van der Waals surface area contributed by atoms with Gasteiger partial charge in [0.25, 0.3) is 23.9 Å². The summed E-state index contributed by atoms with van der Waals surface area (Å²) in [5.41, 5.74) is 2.63. The standard InChI is InChI=1S/C23H30BNO5.C23H30BNO4/c1-23(2)17-10-9-16(18(23)11-17)12-25-13-19(26)29-24(3,30-20(27)14-25)22-21(28-22)15-7-5-4-6-8-15;1-23(2)19-10-9-18(20(23)13-19)14-25-15-21(26)28-24(3,29-22(27)16-25)12-11-17-7-5-4-6-8-17/h4-8,16-18,21-22H,3,9-14H2,1-2H3;4-8,11-12,18-20H,3,9-10,13-16H2,1-2H3/b;12-11+/t16?,17?,18-,21?,22?;18?,19?,20-/m11/s1. The molecule has 9 aliphatic rings. The number of benzene rings is 2. The maximum atomic E-state index is 12.7. The minimum atomic E-state index is -2.42. The van der Waals surface area contributed by atoms with E-state index in [4.69, 9.17) is 23.4 Å². The van der Waals surface area contributed by atoms with Crippen LogP contribution >= 0.6 is 0 Å². The molecule has 0 spiro atoms. The second-order valence-corrected chi connectivity index (χ2v) is 19.8. The van der Waals surface area contributed by atoms with E-state index in [-0.39, 0.29) is 32.3 Å². The number of carbonyl (C=O) groups excluding carboxylic acids is 4. The van der Waals surface area contributed by atoms with Crippen LogP contribution in [0.3, 0.4) is 0 Å². The predicted octanol–water partition coefficient (Wildman–Crippen LogP) is 6.48. The van der Waals surface area contributed by atoms with Gasteiger partial charge in [0.05, 0.1) is 38.3 Å². The lowest BCUT2D eigenvalue weighted by molar-refractivity contribution is -0.152. The highest BCUT2D eigenvalue weighted by atomic mass is 16.7. The number of fused-ring (bicyclic) bond motifs is 4. The molecule has 0 N–H and O–H groups in total. The number of rotatable bonds is 8. The molecule has 2 aromatic rings. The molecular weight excluding hydrogens is 746 g/mol. The highest BCUT2D eigenvalue weighted by molar-refractivity contribution is 6.77. The number of hydrogen-bond donors (Lipinski definition) is 0. The van der Waals surface area contributed by atoms with Crippen molar-refractivity contribution in [2.75, 3.05) is 39.3 Å². The first-order chi connectivity index (χ1) is 28.0. The van der Waals surface area contributed by atoms with E-state index in [1.165, 1.54) is 32.1 Å². The smallest absolute Gasteiger partial charge is 0.583 e. The van der Waals surface area contributed by atoms with Crippen molar-refractivity contribution in [2.24, 2.45) is 46.3 Å². The van der Waals surface area contributed by atoms with Gasteiger partial charge < -0.3 is 23.4 Å². The fourth-order valence-corrected chi connectivity index (χ4v) is 11.7. The molecule has 13 heteroatoms. The molecule has 0 amide bonds. The van der Waals surface area contributed by atoms with Crippen molar-refractivity contribution in [2.45, 2.75) is 78.3 Å². The van der Waals surface area contributed by atoms with E-state index < -0.39 is 43.0 Å². The molecule has 11 rings (SSSR count). The maximum Gasteiger partial charge on any atom is 0.583 e. The van der Waals surface area contributed by atoms with Gasteiger partial charge in [-0.1, -0.05) is 94.4 Å². The summed E-state index contributed by atoms with van der Waals surface area (Å²) in [6, 6.07) is 18.7. The first-order valence-corrected chi connectivity index (χ1v) is 21.8. The lowest BCUT2D eigenvalue weighted by Gasteiger charge is -2.60. The van der Waals surface area contributed by atoms with Crippen molar-refractivity contribution in [3.63, 3.8) is 0 Å². The van der Waals surface area contributed by atoms with Crippen LogP contribution in [0, 0.1) is 60.0 Å². The summed E-state index contributed by atoms with van der Waals surface area (Å²) in [6.45, 7) is 14.3. The SMILES string of the molecule is [CH2+][B-]1(/C=C/c2ccccc2)OC(=O)CN(CC2CCC3C[C@H]2C3(C)C)CC(=O)O1.[CH2+][B-]1(C2OC2c2ccccc2)OC(=O)CN(CC2CCC3C[C@H]2C3(C)C)CC(=O)O1. The molecule has 9 fully saturated rings. The number of hydrogen-bond acceptors (Lipinski definition) is 11. The molecule has 0 radical (unpaired) electrons. The van der Waals surface area contributed by atoms with E-state index in [1.54, 1.807) is 12.1 Å². The zero-order valence-corrected chi connectivity index (χ0v) is 35.2. The van der Waals surface area contributed by atoms with Crippen LogP contribution in [0.4, 0.5) is 0 Å². The van der Waals surface area contributed by atoms with E-state index in [2.05, 4.69) is 41.3 Å². The molecule has 6 saturated carbocycles. The molecule has 11 nitrogen and oxygen atoms in total. The Morgan fingerprint density at radius 2 is 1.08 bits per heavy atom. The Bertz CT molecular complexity index is 1880. The molecule has 2 aromatic carbocycles. The van der Waals surface area contributed by atoms with Crippen molar-refractivity contribution < 1.29 is 42.5 Å². The van der Waals surface area contributed by atoms with Crippen molar-refractivity contribution >= 4 is 43.1 Å². The molecule has 4 bridgehead atoms. The van der Waals surface area contributed by atoms with Crippen LogP contribution in [0.1, 0.15) is 83.5 Å². The van der Waals surface area contributed by atoms with Gasteiger partial charge in [0.15, 0.2) is 0 Å². The van der Waals surface area contributed by atoms with Crippen LogP contribution in [-0.2, 0) is 42.5 Å². The van der Waals surface area contributed by atoms with Crippen molar-refractivity contribution in [1.82, 2.24) is 9.80 Å². The van der Waals surface area contributed by atoms with E-state index >= 15 is 0 Å². The molecule has 6 aliphatic carbocycles. The summed E-state index contributed by atoms with van der Waals surface area (Å²) in [5.74, 6) is 4.00. The van der Waals surface area contributed by atoms with E-state index in [0.29, 0.717) is 34.5 Å². The van der Waals surface area contributed by atoms with Gasteiger partial charge in [0.2, 0.25) is 0 Å². The minimum absolute atomic E-state index is 0.0872. The van der Waals surface area contributed by atoms with Crippen LogP contribution in [0.2, 0.25) is 0 Å². The average molecular weight is 807 g/mol. The molecule has 59 heavy (non-hydrogen) atoms. The molecule has 6 unspecified atom stereocenters. The second-order valence-electron chi connectivity index (χ2n) is 19.8. The van der Waals surface area contributed by atoms with Crippen LogP contribution < -0.4 is 0 Å². The quantitative estimate of drug-likeness (QED) is 0.165. The fourth-order valence-electron chi connectivity index (χ4n) is 11.7.